The van der Waals surface area contributed by atoms with Crippen LogP contribution in [0, 0.1) is 0 Å². The highest BCUT2D eigenvalue weighted by atomic mass is 16.5. The molecule has 0 radical (unpaired) electrons. The lowest BCUT2D eigenvalue weighted by Crippen LogP contribution is -3.14. The fourth-order valence-corrected chi connectivity index (χ4v) is 4.77. The van der Waals surface area contributed by atoms with Crippen LogP contribution in [0.2, 0.25) is 0 Å². The Balaban J connectivity index is 1.65. The number of morpholine rings is 1. The Kier molecular flexibility index (Phi) is 8.28. The molecule has 2 saturated heterocycles. The van der Waals surface area contributed by atoms with Crippen molar-refractivity contribution in [2.45, 2.75) is 32.4 Å². The third kappa shape index (κ3) is 5.71. The molecule has 4 rings (SSSR count). The monoisotopic (exact) mass is 495 g/mol. The summed E-state index contributed by atoms with van der Waals surface area (Å²) in [7, 11) is 1.59. The number of likely N-dealkylation sites (tertiary alicyclic amines) is 1. The van der Waals surface area contributed by atoms with Gasteiger partial charge in [0, 0.05) is 18.5 Å². The minimum atomic E-state index is -0.679. The van der Waals surface area contributed by atoms with Crippen molar-refractivity contribution in [2.24, 2.45) is 0 Å². The zero-order chi connectivity index (χ0) is 25.7. The number of nitrogens with one attached hydrogen (secondary N) is 1. The molecule has 2 aliphatic rings. The van der Waals surface area contributed by atoms with Gasteiger partial charge in [-0.25, -0.2) is 0 Å². The summed E-state index contributed by atoms with van der Waals surface area (Å²) in [6.45, 7) is 8.55. The van der Waals surface area contributed by atoms with Gasteiger partial charge in [0.2, 0.25) is 0 Å². The van der Waals surface area contributed by atoms with Gasteiger partial charge in [0.15, 0.2) is 0 Å². The summed E-state index contributed by atoms with van der Waals surface area (Å²) < 4.78 is 16.4. The van der Waals surface area contributed by atoms with E-state index in [0.717, 1.165) is 44.8 Å². The molecular formula is C28H35N2O6+. The lowest BCUT2D eigenvalue weighted by atomic mass is 9.95. The Morgan fingerprint density at radius 1 is 1.06 bits per heavy atom. The van der Waals surface area contributed by atoms with Gasteiger partial charge >= 0.3 is 0 Å². The molecule has 0 bridgehead atoms. The maximum atomic E-state index is 13.2. The van der Waals surface area contributed by atoms with E-state index in [1.54, 1.807) is 48.4 Å². The summed E-state index contributed by atoms with van der Waals surface area (Å²) in [6, 6.07) is 13.5. The van der Waals surface area contributed by atoms with Gasteiger partial charge in [-0.2, -0.15) is 0 Å². The molecule has 2 aromatic carbocycles. The molecule has 8 heteroatoms. The van der Waals surface area contributed by atoms with Gasteiger partial charge in [0.05, 0.1) is 44.6 Å². The van der Waals surface area contributed by atoms with Crippen LogP contribution in [-0.4, -0.2) is 74.3 Å². The van der Waals surface area contributed by atoms with Gasteiger partial charge in [-0.15, -0.1) is 0 Å². The van der Waals surface area contributed by atoms with E-state index in [0.29, 0.717) is 23.6 Å². The topological polar surface area (TPSA) is 89.7 Å². The van der Waals surface area contributed by atoms with Crippen LogP contribution in [0.25, 0.3) is 5.76 Å². The summed E-state index contributed by atoms with van der Waals surface area (Å²) in [5.41, 5.74) is 1.30. The molecule has 2 heterocycles. The molecule has 2 aromatic rings. The van der Waals surface area contributed by atoms with Crippen molar-refractivity contribution in [3.8, 4) is 11.5 Å². The number of aliphatic hydroxyl groups excluding tert-OH is 1. The highest BCUT2D eigenvalue weighted by molar-refractivity contribution is 6.46. The van der Waals surface area contributed by atoms with Crippen LogP contribution in [0.4, 0.5) is 0 Å². The standard InChI is InChI=1S/C28H34N2O6/c1-19(2)36-23-11-7-21(8-12-23)26(31)24-25(20-5-9-22(34-3)10-6-20)30(28(33)27(24)32)14-4-13-29-15-17-35-18-16-29/h5-12,19,25,31H,4,13-18H2,1-3H3/p+1/b26-24+/t25-/m1/s1. The minimum absolute atomic E-state index is 0.0177. The van der Waals surface area contributed by atoms with Crippen molar-refractivity contribution in [1.82, 2.24) is 4.90 Å². The number of Topliss-reactive ketones (excluding diaryl/α,β-unsaturated/α-hetero) is 1. The van der Waals surface area contributed by atoms with E-state index >= 15 is 0 Å². The SMILES string of the molecule is COc1ccc([C@@H]2/C(=C(\O)c3ccc(OC(C)C)cc3)C(=O)C(=O)N2CCC[NH+]2CCOCC2)cc1. The molecule has 2 aliphatic heterocycles. The third-order valence-electron chi connectivity index (χ3n) is 6.60. The Hall–Kier alpha value is -3.36. The number of quaternary nitrogens is 1. The van der Waals surface area contributed by atoms with Gasteiger partial charge in [0.1, 0.15) is 30.3 Å². The van der Waals surface area contributed by atoms with Crippen molar-refractivity contribution in [3.05, 3.63) is 65.2 Å². The Bertz CT molecular complexity index is 1090. The van der Waals surface area contributed by atoms with Crippen molar-refractivity contribution in [1.29, 1.82) is 0 Å². The number of hydrogen-bond donors (Lipinski definition) is 2. The van der Waals surface area contributed by atoms with Crippen LogP contribution in [0.15, 0.2) is 54.1 Å². The largest absolute Gasteiger partial charge is 0.507 e. The molecule has 8 nitrogen and oxygen atoms in total. The van der Waals surface area contributed by atoms with Gasteiger partial charge < -0.3 is 29.1 Å². The molecule has 1 atom stereocenters. The summed E-state index contributed by atoms with van der Waals surface area (Å²) in [5, 5.41) is 11.3. The van der Waals surface area contributed by atoms with Crippen molar-refractivity contribution in [2.75, 3.05) is 46.5 Å². The number of ether oxygens (including phenoxy) is 3. The highest BCUT2D eigenvalue weighted by Gasteiger charge is 2.45. The predicted molar refractivity (Wildman–Crippen MR) is 135 cm³/mol. The number of carbonyl (C=O) groups is 2. The second-order valence-corrected chi connectivity index (χ2v) is 9.42. The second kappa shape index (κ2) is 11.6. The van der Waals surface area contributed by atoms with Gasteiger partial charge in [-0.1, -0.05) is 12.1 Å². The molecular weight excluding hydrogens is 460 g/mol. The van der Waals surface area contributed by atoms with E-state index < -0.39 is 17.7 Å². The first-order valence-corrected chi connectivity index (χ1v) is 12.5. The van der Waals surface area contributed by atoms with E-state index in [1.165, 1.54) is 4.90 Å². The molecule has 36 heavy (non-hydrogen) atoms. The Morgan fingerprint density at radius 3 is 2.31 bits per heavy atom. The third-order valence-corrected chi connectivity index (χ3v) is 6.60. The van der Waals surface area contributed by atoms with Gasteiger partial charge in [0.25, 0.3) is 11.7 Å². The minimum Gasteiger partial charge on any atom is -0.507 e. The molecule has 2 N–H and O–H groups in total. The Morgan fingerprint density at radius 2 is 1.69 bits per heavy atom. The number of nitrogens with zero attached hydrogens (tertiary/aromatic N) is 1. The smallest absolute Gasteiger partial charge is 0.295 e. The van der Waals surface area contributed by atoms with E-state index in [-0.39, 0.29) is 17.4 Å². The number of ketones is 1. The second-order valence-electron chi connectivity index (χ2n) is 9.42. The maximum absolute atomic E-state index is 13.2. The zero-order valence-electron chi connectivity index (χ0n) is 21.2. The molecule has 1 amide bonds. The number of aliphatic hydroxyl groups is 1. The van der Waals surface area contributed by atoms with Crippen molar-refractivity contribution in [3.63, 3.8) is 0 Å². The number of benzene rings is 2. The number of amides is 1. The van der Waals surface area contributed by atoms with Crippen LogP contribution < -0.4 is 14.4 Å². The lowest BCUT2D eigenvalue weighted by Gasteiger charge is -2.27. The summed E-state index contributed by atoms with van der Waals surface area (Å²) in [4.78, 5) is 29.4. The summed E-state index contributed by atoms with van der Waals surface area (Å²) in [6.07, 6.45) is 0.764. The van der Waals surface area contributed by atoms with E-state index in [2.05, 4.69) is 0 Å². The van der Waals surface area contributed by atoms with Gasteiger partial charge in [-0.3, -0.25) is 9.59 Å². The number of carbonyl (C=O) groups excluding carboxylic acids is 2. The van der Waals surface area contributed by atoms with E-state index in [1.807, 2.05) is 26.0 Å². The van der Waals surface area contributed by atoms with Crippen molar-refractivity contribution < 1.29 is 33.8 Å². The van der Waals surface area contributed by atoms with Gasteiger partial charge in [-0.05, 0) is 55.8 Å². The zero-order valence-corrected chi connectivity index (χ0v) is 21.2. The van der Waals surface area contributed by atoms with E-state index in [9.17, 15) is 14.7 Å². The van der Waals surface area contributed by atoms with Crippen LogP contribution in [0.1, 0.15) is 37.4 Å². The summed E-state index contributed by atoms with van der Waals surface area (Å²) in [5.74, 6) is -0.109. The average molecular weight is 496 g/mol. The number of hydrogen-bond acceptors (Lipinski definition) is 6. The first-order chi connectivity index (χ1) is 17.4. The first kappa shape index (κ1) is 25.7. The average Bonchev–Trinajstić information content (AvgIpc) is 3.14. The molecule has 0 spiro atoms. The van der Waals surface area contributed by atoms with Crippen LogP contribution in [0.3, 0.4) is 0 Å². The van der Waals surface area contributed by atoms with Crippen LogP contribution in [0.5, 0.6) is 11.5 Å². The molecule has 192 valence electrons. The number of methoxy groups -OCH3 is 1. The number of rotatable bonds is 9. The first-order valence-electron chi connectivity index (χ1n) is 12.5. The van der Waals surface area contributed by atoms with Crippen molar-refractivity contribution >= 4 is 17.4 Å². The van der Waals surface area contributed by atoms with E-state index in [4.69, 9.17) is 14.2 Å². The fourth-order valence-electron chi connectivity index (χ4n) is 4.77. The molecule has 0 unspecified atom stereocenters. The van der Waals surface area contributed by atoms with Crippen LogP contribution >= 0.6 is 0 Å². The molecule has 0 aromatic heterocycles. The molecule has 2 fully saturated rings. The Labute approximate surface area is 212 Å². The summed E-state index contributed by atoms with van der Waals surface area (Å²) >= 11 is 0. The molecule has 0 aliphatic carbocycles. The highest BCUT2D eigenvalue weighted by Crippen LogP contribution is 2.40. The fraction of sp³-hybridized carbons (Fsp3) is 0.429. The quantitative estimate of drug-likeness (QED) is 0.315. The normalized spacial score (nSPS) is 20.2. The van der Waals surface area contributed by atoms with Crippen LogP contribution in [-0.2, 0) is 14.3 Å². The maximum Gasteiger partial charge on any atom is 0.295 e. The molecule has 0 saturated carbocycles. The predicted octanol–water partition coefficient (Wildman–Crippen LogP) is 2.21. The lowest BCUT2D eigenvalue weighted by molar-refractivity contribution is -0.908.